The van der Waals surface area contributed by atoms with Crippen LogP contribution in [0, 0.1) is 23.7 Å². The number of hydrogen-bond acceptors (Lipinski definition) is 2. The molecule has 0 aromatic heterocycles. The third kappa shape index (κ3) is 3.21. The molecule has 1 amide bonds. The Bertz CT molecular complexity index is 267. The van der Waals surface area contributed by atoms with Crippen LogP contribution in [0.25, 0.3) is 0 Å². The summed E-state index contributed by atoms with van der Waals surface area (Å²) in [6, 6.07) is 0. The molecule has 0 spiro atoms. The molecule has 2 rings (SSSR count). The van der Waals surface area contributed by atoms with Crippen LogP contribution in [0.3, 0.4) is 0 Å². The summed E-state index contributed by atoms with van der Waals surface area (Å²) in [5, 5.41) is 12.0. The van der Waals surface area contributed by atoms with Gasteiger partial charge in [0.25, 0.3) is 0 Å². The van der Waals surface area contributed by atoms with Gasteiger partial charge in [0.2, 0.25) is 5.91 Å². The summed E-state index contributed by atoms with van der Waals surface area (Å²) in [7, 11) is 0. The Morgan fingerprint density at radius 2 is 2.24 bits per heavy atom. The standard InChI is InChI=1S/C14H25NO2/c1-10(9-16)3-2-6-15-14(17)13-8-11-4-5-12(13)7-11/h10-13,16H,2-9H2,1H3,(H,15,17). The Balaban J connectivity index is 1.61. The molecular formula is C14H25NO2. The van der Waals surface area contributed by atoms with Gasteiger partial charge in [-0.15, -0.1) is 0 Å². The van der Waals surface area contributed by atoms with Crippen molar-refractivity contribution in [2.45, 2.75) is 45.4 Å². The van der Waals surface area contributed by atoms with E-state index in [1.807, 2.05) is 6.92 Å². The van der Waals surface area contributed by atoms with Gasteiger partial charge in [0.1, 0.15) is 0 Å². The molecule has 0 radical (unpaired) electrons. The highest BCUT2D eigenvalue weighted by molar-refractivity contribution is 5.79. The van der Waals surface area contributed by atoms with Gasteiger partial charge < -0.3 is 10.4 Å². The first-order valence-corrected chi connectivity index (χ1v) is 7.09. The summed E-state index contributed by atoms with van der Waals surface area (Å²) in [4.78, 5) is 12.0. The van der Waals surface area contributed by atoms with Gasteiger partial charge in [0.05, 0.1) is 0 Å². The van der Waals surface area contributed by atoms with Crippen LogP contribution in [0.15, 0.2) is 0 Å². The van der Waals surface area contributed by atoms with Crippen molar-refractivity contribution in [1.82, 2.24) is 5.32 Å². The minimum atomic E-state index is 0.250. The van der Waals surface area contributed by atoms with E-state index in [1.54, 1.807) is 0 Å². The van der Waals surface area contributed by atoms with Crippen molar-refractivity contribution < 1.29 is 9.90 Å². The lowest BCUT2D eigenvalue weighted by Gasteiger charge is -2.20. The maximum absolute atomic E-state index is 12.0. The third-order valence-corrected chi connectivity index (χ3v) is 4.56. The fourth-order valence-corrected chi connectivity index (χ4v) is 3.45. The minimum absolute atomic E-state index is 0.250. The molecule has 2 N–H and O–H groups in total. The van der Waals surface area contributed by atoms with Gasteiger partial charge in [-0.1, -0.05) is 13.3 Å². The summed E-state index contributed by atoms with van der Waals surface area (Å²) < 4.78 is 0. The van der Waals surface area contributed by atoms with E-state index in [0.29, 0.717) is 17.8 Å². The van der Waals surface area contributed by atoms with Gasteiger partial charge in [0.15, 0.2) is 0 Å². The second-order valence-electron chi connectivity index (χ2n) is 6.00. The van der Waals surface area contributed by atoms with Gasteiger partial charge in [-0.25, -0.2) is 0 Å². The monoisotopic (exact) mass is 239 g/mol. The SMILES string of the molecule is CC(CO)CCCNC(=O)C1CC2CCC1C2. The molecule has 0 heterocycles. The number of fused-ring (bicyclic) bond motifs is 2. The molecule has 0 saturated heterocycles. The van der Waals surface area contributed by atoms with Crippen molar-refractivity contribution in [3.63, 3.8) is 0 Å². The lowest BCUT2D eigenvalue weighted by molar-refractivity contribution is -0.126. The van der Waals surface area contributed by atoms with E-state index in [2.05, 4.69) is 5.32 Å². The number of aliphatic hydroxyl groups excluding tert-OH is 1. The van der Waals surface area contributed by atoms with Gasteiger partial charge in [-0.3, -0.25) is 4.79 Å². The van der Waals surface area contributed by atoms with Crippen molar-refractivity contribution in [2.24, 2.45) is 23.7 Å². The third-order valence-electron chi connectivity index (χ3n) is 4.56. The van der Waals surface area contributed by atoms with Crippen molar-refractivity contribution in [2.75, 3.05) is 13.2 Å². The smallest absolute Gasteiger partial charge is 0.223 e. The summed E-state index contributed by atoms with van der Waals surface area (Å²) >= 11 is 0. The summed E-state index contributed by atoms with van der Waals surface area (Å²) in [6.07, 6.45) is 7.01. The molecule has 0 aliphatic heterocycles. The minimum Gasteiger partial charge on any atom is -0.396 e. The second-order valence-corrected chi connectivity index (χ2v) is 6.00. The number of carbonyl (C=O) groups is 1. The van der Waals surface area contributed by atoms with E-state index in [1.165, 1.54) is 19.3 Å². The Morgan fingerprint density at radius 3 is 2.82 bits per heavy atom. The average molecular weight is 239 g/mol. The van der Waals surface area contributed by atoms with Gasteiger partial charge >= 0.3 is 0 Å². The van der Waals surface area contributed by atoms with Crippen LogP contribution in [0.4, 0.5) is 0 Å². The zero-order valence-corrected chi connectivity index (χ0v) is 10.8. The van der Waals surface area contributed by atoms with Crippen LogP contribution in [0.2, 0.25) is 0 Å². The lowest BCUT2D eigenvalue weighted by atomic mass is 9.88. The number of carbonyl (C=O) groups excluding carboxylic acids is 1. The molecule has 98 valence electrons. The summed E-state index contributed by atoms with van der Waals surface area (Å²) in [6.45, 7) is 3.06. The molecule has 0 aromatic rings. The van der Waals surface area contributed by atoms with E-state index in [0.717, 1.165) is 31.7 Å². The summed E-state index contributed by atoms with van der Waals surface area (Å²) in [5.74, 6) is 2.47. The highest BCUT2D eigenvalue weighted by Gasteiger charge is 2.42. The Kier molecular flexibility index (Phi) is 4.43. The Hall–Kier alpha value is -0.570. The molecule has 2 aliphatic carbocycles. The topological polar surface area (TPSA) is 49.3 Å². The van der Waals surface area contributed by atoms with Crippen LogP contribution in [0.1, 0.15) is 45.4 Å². The Labute approximate surface area is 104 Å². The number of hydrogen-bond donors (Lipinski definition) is 2. The normalized spacial score (nSPS) is 32.7. The zero-order valence-electron chi connectivity index (χ0n) is 10.8. The predicted octanol–water partition coefficient (Wildman–Crippen LogP) is 1.95. The maximum Gasteiger partial charge on any atom is 0.223 e. The van der Waals surface area contributed by atoms with E-state index < -0.39 is 0 Å². The summed E-state index contributed by atoms with van der Waals surface area (Å²) in [5.41, 5.74) is 0. The molecule has 3 heteroatoms. The number of rotatable bonds is 6. The molecule has 2 fully saturated rings. The molecule has 17 heavy (non-hydrogen) atoms. The van der Waals surface area contributed by atoms with Crippen LogP contribution < -0.4 is 5.32 Å². The molecule has 2 aliphatic rings. The van der Waals surface area contributed by atoms with E-state index in [-0.39, 0.29) is 12.5 Å². The first-order chi connectivity index (χ1) is 8.20. The second kappa shape index (κ2) is 5.85. The van der Waals surface area contributed by atoms with Crippen LogP contribution in [0.5, 0.6) is 0 Å². The lowest BCUT2D eigenvalue weighted by Crippen LogP contribution is -2.34. The average Bonchev–Trinajstić information content (AvgIpc) is 2.96. The molecular weight excluding hydrogens is 214 g/mol. The van der Waals surface area contributed by atoms with E-state index in [4.69, 9.17) is 5.11 Å². The van der Waals surface area contributed by atoms with Crippen molar-refractivity contribution in [3.8, 4) is 0 Å². The first-order valence-electron chi connectivity index (χ1n) is 7.09. The molecule has 4 atom stereocenters. The van der Waals surface area contributed by atoms with Crippen LogP contribution >= 0.6 is 0 Å². The highest BCUT2D eigenvalue weighted by atomic mass is 16.3. The van der Waals surface area contributed by atoms with Crippen LogP contribution in [-0.4, -0.2) is 24.2 Å². The fraction of sp³-hybridized carbons (Fsp3) is 0.929. The Morgan fingerprint density at radius 1 is 1.41 bits per heavy atom. The maximum atomic E-state index is 12.0. The predicted molar refractivity (Wildman–Crippen MR) is 67.4 cm³/mol. The molecule has 2 bridgehead atoms. The molecule has 0 aromatic carbocycles. The van der Waals surface area contributed by atoms with Gasteiger partial charge in [0, 0.05) is 19.1 Å². The van der Waals surface area contributed by atoms with E-state index >= 15 is 0 Å². The fourth-order valence-electron chi connectivity index (χ4n) is 3.45. The number of nitrogens with one attached hydrogen (secondary N) is 1. The van der Waals surface area contributed by atoms with Crippen molar-refractivity contribution in [3.05, 3.63) is 0 Å². The van der Waals surface area contributed by atoms with Crippen molar-refractivity contribution >= 4 is 5.91 Å². The quantitative estimate of drug-likeness (QED) is 0.696. The van der Waals surface area contributed by atoms with Gasteiger partial charge in [-0.05, 0) is 49.9 Å². The van der Waals surface area contributed by atoms with E-state index in [9.17, 15) is 4.79 Å². The van der Waals surface area contributed by atoms with Gasteiger partial charge in [-0.2, -0.15) is 0 Å². The highest BCUT2D eigenvalue weighted by Crippen LogP contribution is 2.48. The first kappa shape index (κ1) is 12.9. The molecule has 3 nitrogen and oxygen atoms in total. The van der Waals surface area contributed by atoms with Crippen LogP contribution in [-0.2, 0) is 4.79 Å². The zero-order chi connectivity index (χ0) is 12.3. The number of aliphatic hydroxyl groups is 1. The molecule has 2 saturated carbocycles. The van der Waals surface area contributed by atoms with Crippen molar-refractivity contribution in [1.29, 1.82) is 0 Å². The number of amides is 1. The largest absolute Gasteiger partial charge is 0.396 e. The molecule has 4 unspecified atom stereocenters.